The molecule has 2 fully saturated rings. The van der Waals surface area contributed by atoms with Crippen molar-refractivity contribution in [3.63, 3.8) is 0 Å². The number of ether oxygens (including phenoxy) is 1. The molecule has 10 heteroatoms. The second kappa shape index (κ2) is 6.53. The van der Waals surface area contributed by atoms with Crippen molar-refractivity contribution in [2.45, 2.75) is 18.6 Å². The molecule has 4 heterocycles. The molecule has 1 N–H and O–H groups in total. The quantitative estimate of drug-likeness (QED) is 0.834. The first-order valence-corrected chi connectivity index (χ1v) is 8.84. The van der Waals surface area contributed by atoms with Crippen molar-refractivity contribution in [1.29, 1.82) is 0 Å². The maximum atomic E-state index is 13.0. The van der Waals surface area contributed by atoms with Crippen LogP contribution in [0.2, 0.25) is 10.2 Å². The first kappa shape index (κ1) is 17.3. The highest BCUT2D eigenvalue weighted by molar-refractivity contribution is 6.32. The third-order valence-corrected chi connectivity index (χ3v) is 5.02. The number of halogens is 2. The fraction of sp³-hybridized carbons (Fsp3) is 0.375. The highest BCUT2D eigenvalue weighted by Gasteiger charge is 2.42. The Bertz CT molecular complexity index is 877. The molecule has 0 unspecified atom stereocenters. The number of hydrogen-bond acceptors (Lipinski definition) is 5. The Morgan fingerprint density at radius 3 is 2.73 bits per heavy atom. The zero-order valence-electron chi connectivity index (χ0n) is 13.6. The van der Waals surface area contributed by atoms with Gasteiger partial charge in [0.2, 0.25) is 5.91 Å². The number of hydrogen-bond donors (Lipinski definition) is 1. The molecule has 0 atom stereocenters. The van der Waals surface area contributed by atoms with Gasteiger partial charge in [-0.15, -0.1) is 0 Å². The average molecular weight is 396 g/mol. The standard InChI is InChI=1S/C16H15Cl2N5O3/c17-10-2-1-5-19-14(10)23-11(8-12(18)21-23)15(25)22-6-3-16(4-7-22)20-13(24)9-26-16/h1-2,5,8H,3-4,6-7,9H2,(H,20,24). The SMILES string of the molecule is O=C1COC2(CCN(C(=O)c3cc(Cl)nn3-c3ncccc3Cl)CC2)N1. The number of piperidine rings is 1. The molecule has 8 nitrogen and oxygen atoms in total. The molecule has 4 rings (SSSR count). The maximum Gasteiger partial charge on any atom is 0.272 e. The monoisotopic (exact) mass is 395 g/mol. The fourth-order valence-electron chi connectivity index (χ4n) is 3.23. The number of likely N-dealkylation sites (tertiary alicyclic amines) is 1. The molecule has 2 amide bonds. The summed E-state index contributed by atoms with van der Waals surface area (Å²) < 4.78 is 6.93. The first-order chi connectivity index (χ1) is 12.5. The first-order valence-electron chi connectivity index (χ1n) is 8.08. The minimum absolute atomic E-state index is 0.0640. The van der Waals surface area contributed by atoms with Gasteiger partial charge in [0.25, 0.3) is 5.91 Å². The second-order valence-electron chi connectivity index (χ2n) is 6.20. The zero-order chi connectivity index (χ0) is 18.3. The van der Waals surface area contributed by atoms with Crippen LogP contribution in [-0.4, -0.2) is 56.9 Å². The van der Waals surface area contributed by atoms with Crippen molar-refractivity contribution in [3.8, 4) is 5.82 Å². The Morgan fingerprint density at radius 2 is 2.08 bits per heavy atom. The summed E-state index contributed by atoms with van der Waals surface area (Å²) in [4.78, 5) is 30.3. The molecule has 26 heavy (non-hydrogen) atoms. The second-order valence-corrected chi connectivity index (χ2v) is 6.99. The van der Waals surface area contributed by atoms with Gasteiger partial charge in [-0.1, -0.05) is 23.2 Å². The number of rotatable bonds is 2. The van der Waals surface area contributed by atoms with Gasteiger partial charge in [0.05, 0.1) is 5.02 Å². The van der Waals surface area contributed by atoms with Gasteiger partial charge in [-0.05, 0) is 12.1 Å². The van der Waals surface area contributed by atoms with Crippen LogP contribution in [0, 0.1) is 0 Å². The van der Waals surface area contributed by atoms with Crippen LogP contribution in [0.5, 0.6) is 0 Å². The van der Waals surface area contributed by atoms with Crippen LogP contribution >= 0.6 is 23.2 Å². The van der Waals surface area contributed by atoms with Gasteiger partial charge in [0.15, 0.2) is 11.0 Å². The van der Waals surface area contributed by atoms with Crippen molar-refractivity contribution >= 4 is 35.0 Å². The topological polar surface area (TPSA) is 89.4 Å². The van der Waals surface area contributed by atoms with Crippen LogP contribution in [0.25, 0.3) is 5.82 Å². The summed E-state index contributed by atoms with van der Waals surface area (Å²) in [5.41, 5.74) is -0.376. The van der Waals surface area contributed by atoms with E-state index in [1.807, 2.05) is 0 Å². The van der Waals surface area contributed by atoms with E-state index in [2.05, 4.69) is 15.4 Å². The summed E-state index contributed by atoms with van der Waals surface area (Å²) in [7, 11) is 0. The molecule has 2 aromatic heterocycles. The molecule has 2 aromatic rings. The van der Waals surface area contributed by atoms with E-state index in [0.717, 1.165) is 0 Å². The summed E-state index contributed by atoms with van der Waals surface area (Å²) in [6.07, 6.45) is 2.61. The Hall–Kier alpha value is -2.16. The van der Waals surface area contributed by atoms with Crippen LogP contribution in [-0.2, 0) is 9.53 Å². The number of carbonyl (C=O) groups excluding carboxylic acids is 2. The Morgan fingerprint density at radius 1 is 1.31 bits per heavy atom. The molecule has 0 aliphatic carbocycles. The molecular weight excluding hydrogens is 381 g/mol. The van der Waals surface area contributed by atoms with Crippen molar-refractivity contribution in [2.75, 3.05) is 19.7 Å². The predicted octanol–water partition coefficient (Wildman–Crippen LogP) is 1.65. The summed E-state index contributed by atoms with van der Waals surface area (Å²) >= 11 is 12.2. The number of nitrogens with one attached hydrogen (secondary N) is 1. The Balaban J connectivity index is 1.57. The van der Waals surface area contributed by atoms with Gasteiger partial charge in [0, 0.05) is 38.2 Å². The van der Waals surface area contributed by atoms with Gasteiger partial charge in [0.1, 0.15) is 18.0 Å². The Labute approximate surface area is 159 Å². The smallest absolute Gasteiger partial charge is 0.272 e. The molecule has 136 valence electrons. The molecule has 0 radical (unpaired) electrons. The van der Waals surface area contributed by atoms with Crippen LogP contribution < -0.4 is 5.32 Å². The summed E-state index contributed by atoms with van der Waals surface area (Å²) in [5, 5.41) is 7.53. The Kier molecular flexibility index (Phi) is 4.34. The van der Waals surface area contributed by atoms with Gasteiger partial charge in [-0.25, -0.2) is 9.67 Å². The van der Waals surface area contributed by atoms with Crippen molar-refractivity contribution in [3.05, 3.63) is 40.3 Å². The van der Waals surface area contributed by atoms with Crippen LogP contribution in [0.15, 0.2) is 24.4 Å². The largest absolute Gasteiger partial charge is 0.346 e. The van der Waals surface area contributed by atoms with E-state index < -0.39 is 5.72 Å². The lowest BCUT2D eigenvalue weighted by Gasteiger charge is -2.38. The predicted molar refractivity (Wildman–Crippen MR) is 93.3 cm³/mol. The molecule has 1 spiro atoms. The average Bonchev–Trinajstić information content (AvgIpc) is 3.18. The van der Waals surface area contributed by atoms with E-state index in [1.54, 1.807) is 23.2 Å². The van der Waals surface area contributed by atoms with E-state index >= 15 is 0 Å². The normalized spacial score (nSPS) is 19.0. The molecule has 2 aliphatic heterocycles. The van der Waals surface area contributed by atoms with E-state index in [1.165, 1.54) is 10.7 Å². The number of pyridine rings is 1. The van der Waals surface area contributed by atoms with E-state index in [9.17, 15) is 9.59 Å². The number of nitrogens with zero attached hydrogens (tertiary/aromatic N) is 4. The lowest BCUT2D eigenvalue weighted by molar-refractivity contribution is -0.119. The molecule has 0 saturated carbocycles. The highest BCUT2D eigenvalue weighted by atomic mass is 35.5. The highest BCUT2D eigenvalue weighted by Crippen LogP contribution is 2.28. The van der Waals surface area contributed by atoms with E-state index in [-0.39, 0.29) is 29.3 Å². The molecule has 2 aliphatic rings. The minimum Gasteiger partial charge on any atom is -0.346 e. The van der Waals surface area contributed by atoms with Crippen molar-refractivity contribution in [1.82, 2.24) is 25.0 Å². The van der Waals surface area contributed by atoms with E-state index in [0.29, 0.717) is 36.8 Å². The third kappa shape index (κ3) is 3.04. The molecular formula is C16H15Cl2N5O3. The number of carbonyl (C=O) groups is 2. The van der Waals surface area contributed by atoms with Crippen molar-refractivity contribution in [2.24, 2.45) is 0 Å². The van der Waals surface area contributed by atoms with Gasteiger partial charge in [-0.3, -0.25) is 9.59 Å². The van der Waals surface area contributed by atoms with Gasteiger partial charge in [-0.2, -0.15) is 5.10 Å². The molecule has 0 bridgehead atoms. The van der Waals surface area contributed by atoms with Crippen LogP contribution in [0.1, 0.15) is 23.3 Å². The van der Waals surface area contributed by atoms with Crippen LogP contribution in [0.3, 0.4) is 0 Å². The minimum atomic E-state index is -0.657. The van der Waals surface area contributed by atoms with Crippen LogP contribution in [0.4, 0.5) is 0 Å². The fourth-order valence-corrected chi connectivity index (χ4v) is 3.61. The van der Waals surface area contributed by atoms with Crippen molar-refractivity contribution < 1.29 is 14.3 Å². The molecule has 2 saturated heterocycles. The summed E-state index contributed by atoms with van der Waals surface area (Å²) in [5.74, 6) is -0.0194. The van der Waals surface area contributed by atoms with E-state index in [4.69, 9.17) is 27.9 Å². The number of amides is 2. The lowest BCUT2D eigenvalue weighted by atomic mass is 10.0. The molecule has 0 aromatic carbocycles. The van der Waals surface area contributed by atoms with Gasteiger partial charge < -0.3 is 15.0 Å². The zero-order valence-corrected chi connectivity index (χ0v) is 15.1. The number of aromatic nitrogens is 3. The maximum absolute atomic E-state index is 13.0. The summed E-state index contributed by atoms with van der Waals surface area (Å²) in [6, 6.07) is 4.85. The van der Waals surface area contributed by atoms with Gasteiger partial charge >= 0.3 is 0 Å². The lowest BCUT2D eigenvalue weighted by Crippen LogP contribution is -2.53. The third-order valence-electron chi connectivity index (χ3n) is 4.54. The summed E-state index contributed by atoms with van der Waals surface area (Å²) in [6.45, 7) is 0.949.